The Morgan fingerprint density at radius 3 is 2.60 bits per heavy atom. The van der Waals surface area contributed by atoms with E-state index in [0.29, 0.717) is 12.0 Å². The molecule has 1 saturated heterocycles. The summed E-state index contributed by atoms with van der Waals surface area (Å²) >= 11 is 0. The van der Waals surface area contributed by atoms with Gasteiger partial charge in [-0.3, -0.25) is 10.2 Å². The minimum Gasteiger partial charge on any atom is -0.305 e. The van der Waals surface area contributed by atoms with Gasteiger partial charge < -0.3 is 4.90 Å². The average Bonchev–Trinajstić information content (AvgIpc) is 3.27. The molecule has 0 bridgehead atoms. The molecule has 1 aliphatic carbocycles. The Morgan fingerprint density at radius 2 is 2.05 bits per heavy atom. The van der Waals surface area contributed by atoms with E-state index in [-0.39, 0.29) is 5.54 Å². The number of likely N-dealkylation sites (N-methyl/N-ethyl adjacent to an activating group) is 2. The zero-order valence-electron chi connectivity index (χ0n) is 13.4. The molecule has 0 aromatic rings. The minimum absolute atomic E-state index is 0.314. The first-order valence-electron chi connectivity index (χ1n) is 8.24. The predicted molar refractivity (Wildman–Crippen MR) is 82.5 cm³/mol. The van der Waals surface area contributed by atoms with Crippen LogP contribution in [0.15, 0.2) is 0 Å². The van der Waals surface area contributed by atoms with E-state index in [1.54, 1.807) is 0 Å². The highest BCUT2D eigenvalue weighted by atomic mass is 15.3. The fraction of sp³-hybridized carbons (Fsp3) is 0.938. The third-order valence-corrected chi connectivity index (χ3v) is 4.91. The fourth-order valence-corrected chi connectivity index (χ4v) is 3.60. The predicted octanol–water partition coefficient (Wildman–Crippen LogP) is 1.68. The topological polar surface area (TPSA) is 42.3 Å². The summed E-state index contributed by atoms with van der Waals surface area (Å²) < 4.78 is 0. The molecule has 0 spiro atoms. The minimum atomic E-state index is -0.314. The molecule has 0 radical (unpaired) electrons. The molecular weight excluding hydrogens is 248 g/mol. The SMILES string of the molecule is CCNC(C#N)(CN1CCCN(C)CC1CC)C1CC1. The molecule has 2 rings (SSSR count). The van der Waals surface area contributed by atoms with Crippen molar-refractivity contribution in [3.05, 3.63) is 0 Å². The van der Waals surface area contributed by atoms with Gasteiger partial charge in [-0.15, -0.1) is 0 Å². The van der Waals surface area contributed by atoms with Crippen molar-refractivity contribution in [3.63, 3.8) is 0 Å². The number of nitrogens with one attached hydrogen (secondary N) is 1. The molecule has 0 amide bonds. The summed E-state index contributed by atoms with van der Waals surface area (Å²) in [5.41, 5.74) is -0.314. The molecule has 0 aromatic carbocycles. The summed E-state index contributed by atoms with van der Waals surface area (Å²) in [5, 5.41) is 13.3. The van der Waals surface area contributed by atoms with Gasteiger partial charge in [-0.05, 0) is 58.3 Å². The van der Waals surface area contributed by atoms with Crippen LogP contribution in [0.2, 0.25) is 0 Å². The zero-order chi connectivity index (χ0) is 14.6. The van der Waals surface area contributed by atoms with Gasteiger partial charge in [0.2, 0.25) is 0 Å². The molecule has 4 nitrogen and oxygen atoms in total. The molecule has 1 aliphatic heterocycles. The van der Waals surface area contributed by atoms with Gasteiger partial charge in [-0.1, -0.05) is 13.8 Å². The van der Waals surface area contributed by atoms with Gasteiger partial charge in [0.15, 0.2) is 0 Å². The summed E-state index contributed by atoms with van der Waals surface area (Å²) in [4.78, 5) is 5.01. The average molecular weight is 278 g/mol. The number of nitriles is 1. The van der Waals surface area contributed by atoms with Crippen molar-refractivity contribution in [1.29, 1.82) is 5.26 Å². The molecule has 20 heavy (non-hydrogen) atoms. The molecule has 2 atom stereocenters. The highest BCUT2D eigenvalue weighted by molar-refractivity contribution is 5.17. The standard InChI is InChI=1S/C16H30N4/c1-4-15-11-19(3)9-6-10-20(15)13-16(12-17,18-5-2)14-7-8-14/h14-15,18H,4-11,13H2,1-3H3. The van der Waals surface area contributed by atoms with Crippen LogP contribution in [0.4, 0.5) is 0 Å². The first kappa shape index (κ1) is 15.8. The molecule has 1 N–H and O–H groups in total. The summed E-state index contributed by atoms with van der Waals surface area (Å²) in [7, 11) is 2.22. The van der Waals surface area contributed by atoms with Gasteiger partial charge >= 0.3 is 0 Å². The lowest BCUT2D eigenvalue weighted by atomic mass is 9.93. The van der Waals surface area contributed by atoms with Crippen LogP contribution in [0.1, 0.15) is 39.5 Å². The zero-order valence-corrected chi connectivity index (χ0v) is 13.4. The van der Waals surface area contributed by atoms with E-state index < -0.39 is 0 Å². The number of hydrogen-bond donors (Lipinski definition) is 1. The van der Waals surface area contributed by atoms with Gasteiger partial charge in [0.05, 0.1) is 6.07 Å². The van der Waals surface area contributed by atoms with Gasteiger partial charge in [0.25, 0.3) is 0 Å². The lowest BCUT2D eigenvalue weighted by molar-refractivity contribution is 0.139. The van der Waals surface area contributed by atoms with Crippen molar-refractivity contribution in [2.24, 2.45) is 5.92 Å². The number of nitrogens with zero attached hydrogens (tertiary/aromatic N) is 3. The van der Waals surface area contributed by atoms with Crippen LogP contribution in [-0.4, -0.2) is 61.2 Å². The highest BCUT2D eigenvalue weighted by Gasteiger charge is 2.47. The van der Waals surface area contributed by atoms with E-state index >= 15 is 0 Å². The maximum Gasteiger partial charge on any atom is 0.122 e. The Labute approximate surface area is 124 Å². The smallest absolute Gasteiger partial charge is 0.122 e. The van der Waals surface area contributed by atoms with E-state index in [4.69, 9.17) is 0 Å². The third kappa shape index (κ3) is 3.52. The van der Waals surface area contributed by atoms with Crippen molar-refractivity contribution in [2.75, 3.05) is 39.8 Å². The first-order valence-corrected chi connectivity index (χ1v) is 8.24. The van der Waals surface area contributed by atoms with Crippen LogP contribution in [-0.2, 0) is 0 Å². The Morgan fingerprint density at radius 1 is 1.30 bits per heavy atom. The van der Waals surface area contributed by atoms with Crippen LogP contribution in [0.25, 0.3) is 0 Å². The highest BCUT2D eigenvalue weighted by Crippen LogP contribution is 2.40. The van der Waals surface area contributed by atoms with E-state index in [9.17, 15) is 5.26 Å². The normalized spacial score (nSPS) is 28.6. The molecular formula is C16H30N4. The Balaban J connectivity index is 2.09. The summed E-state index contributed by atoms with van der Waals surface area (Å²) in [6.45, 7) is 9.61. The van der Waals surface area contributed by atoms with Crippen molar-refractivity contribution in [3.8, 4) is 6.07 Å². The second kappa shape index (κ2) is 6.89. The number of hydrogen-bond acceptors (Lipinski definition) is 4. The third-order valence-electron chi connectivity index (χ3n) is 4.91. The molecule has 1 heterocycles. The van der Waals surface area contributed by atoms with Crippen molar-refractivity contribution >= 4 is 0 Å². The Kier molecular flexibility index (Phi) is 5.42. The summed E-state index contributed by atoms with van der Waals surface area (Å²) in [6.07, 6.45) is 4.81. The van der Waals surface area contributed by atoms with Crippen LogP contribution in [0, 0.1) is 17.2 Å². The van der Waals surface area contributed by atoms with Crippen LogP contribution in [0.3, 0.4) is 0 Å². The maximum absolute atomic E-state index is 9.78. The molecule has 4 heteroatoms. The second-order valence-corrected chi connectivity index (χ2v) is 6.54. The van der Waals surface area contributed by atoms with E-state index in [2.05, 4.69) is 42.1 Å². The van der Waals surface area contributed by atoms with Crippen LogP contribution in [0.5, 0.6) is 0 Å². The van der Waals surface area contributed by atoms with Crippen molar-refractivity contribution in [1.82, 2.24) is 15.1 Å². The fourth-order valence-electron chi connectivity index (χ4n) is 3.60. The summed E-state index contributed by atoms with van der Waals surface area (Å²) in [5.74, 6) is 0.561. The lowest BCUT2D eigenvalue weighted by Gasteiger charge is -2.38. The largest absolute Gasteiger partial charge is 0.305 e. The molecule has 2 unspecified atom stereocenters. The maximum atomic E-state index is 9.78. The van der Waals surface area contributed by atoms with Crippen LogP contribution < -0.4 is 5.32 Å². The van der Waals surface area contributed by atoms with Crippen LogP contribution >= 0.6 is 0 Å². The first-order chi connectivity index (χ1) is 9.65. The Hall–Kier alpha value is -0.630. The monoisotopic (exact) mass is 278 g/mol. The molecule has 2 fully saturated rings. The van der Waals surface area contributed by atoms with Crippen molar-refractivity contribution in [2.45, 2.75) is 51.1 Å². The van der Waals surface area contributed by atoms with E-state index in [1.165, 1.54) is 32.2 Å². The lowest BCUT2D eigenvalue weighted by Crippen LogP contribution is -2.57. The van der Waals surface area contributed by atoms with E-state index in [0.717, 1.165) is 26.2 Å². The second-order valence-electron chi connectivity index (χ2n) is 6.54. The molecule has 2 aliphatic rings. The molecule has 0 aromatic heterocycles. The number of rotatable bonds is 6. The molecule has 1 saturated carbocycles. The van der Waals surface area contributed by atoms with Gasteiger partial charge in [0, 0.05) is 19.1 Å². The Bertz CT molecular complexity index is 347. The quantitative estimate of drug-likeness (QED) is 0.803. The summed E-state index contributed by atoms with van der Waals surface area (Å²) in [6, 6.07) is 3.23. The van der Waals surface area contributed by atoms with Gasteiger partial charge in [-0.2, -0.15) is 5.26 Å². The molecule has 114 valence electrons. The van der Waals surface area contributed by atoms with E-state index in [1.807, 2.05) is 0 Å². The van der Waals surface area contributed by atoms with Crippen molar-refractivity contribution < 1.29 is 0 Å². The van der Waals surface area contributed by atoms with Gasteiger partial charge in [-0.25, -0.2) is 0 Å². The van der Waals surface area contributed by atoms with Gasteiger partial charge in [0.1, 0.15) is 5.54 Å².